The molecule has 0 aliphatic rings. The van der Waals surface area contributed by atoms with Gasteiger partial charge >= 0.3 is 10.3 Å². The SMILES string of the molecule is COc1cc(C[n+]2ccc3cc(OS(N)(=O)=O)ccc3c2)cc(OC)c1OC. The molecule has 0 saturated heterocycles. The predicted molar refractivity (Wildman–Crippen MR) is 103 cm³/mol. The number of hydrogen-bond donors (Lipinski definition) is 1. The van der Waals surface area contributed by atoms with Crippen molar-refractivity contribution in [1.82, 2.24) is 0 Å². The molecule has 2 N–H and O–H groups in total. The molecule has 1 heterocycles. The highest BCUT2D eigenvalue weighted by Crippen LogP contribution is 2.38. The van der Waals surface area contributed by atoms with Crippen LogP contribution in [-0.2, 0) is 16.8 Å². The zero-order valence-corrected chi connectivity index (χ0v) is 16.5. The van der Waals surface area contributed by atoms with E-state index in [0.717, 1.165) is 16.3 Å². The summed E-state index contributed by atoms with van der Waals surface area (Å²) >= 11 is 0. The van der Waals surface area contributed by atoms with Crippen molar-refractivity contribution in [3.05, 3.63) is 54.4 Å². The van der Waals surface area contributed by atoms with Crippen LogP contribution in [0.2, 0.25) is 0 Å². The number of aromatic nitrogens is 1. The van der Waals surface area contributed by atoms with Gasteiger partial charge in [0, 0.05) is 17.0 Å². The average Bonchev–Trinajstić information content (AvgIpc) is 2.66. The van der Waals surface area contributed by atoms with Crippen LogP contribution in [0.3, 0.4) is 0 Å². The van der Waals surface area contributed by atoms with Crippen LogP contribution in [-0.4, -0.2) is 29.7 Å². The average molecular weight is 405 g/mol. The van der Waals surface area contributed by atoms with E-state index in [2.05, 4.69) is 0 Å². The summed E-state index contributed by atoms with van der Waals surface area (Å²) in [5, 5.41) is 6.64. The van der Waals surface area contributed by atoms with Gasteiger partial charge in [-0.25, -0.2) is 4.57 Å². The maximum atomic E-state index is 11.1. The number of nitrogens with zero attached hydrogens (tertiary/aromatic N) is 1. The van der Waals surface area contributed by atoms with Gasteiger partial charge < -0.3 is 18.4 Å². The van der Waals surface area contributed by atoms with Gasteiger partial charge in [-0.1, -0.05) is 0 Å². The lowest BCUT2D eigenvalue weighted by Crippen LogP contribution is -2.33. The van der Waals surface area contributed by atoms with Gasteiger partial charge in [0.1, 0.15) is 5.75 Å². The lowest BCUT2D eigenvalue weighted by atomic mass is 10.1. The summed E-state index contributed by atoms with van der Waals surface area (Å²) in [7, 11) is 0.658. The molecule has 0 aliphatic heterocycles. The quantitative estimate of drug-likeness (QED) is 0.602. The van der Waals surface area contributed by atoms with Crippen LogP contribution in [0.4, 0.5) is 0 Å². The standard InChI is InChI=1S/C19H21N2O6S/c1-24-17-8-13(9-18(25-2)19(17)26-3)11-21-7-6-14-10-16(27-28(20,22)23)5-4-15(14)12-21/h4-10,12H,11H2,1-3H3,(H2,20,22,23)/q+1. The van der Waals surface area contributed by atoms with E-state index in [4.69, 9.17) is 23.5 Å². The number of rotatable bonds is 7. The molecule has 0 amide bonds. The van der Waals surface area contributed by atoms with Crippen LogP contribution in [0.1, 0.15) is 5.56 Å². The Morgan fingerprint density at radius 2 is 1.61 bits per heavy atom. The summed E-state index contributed by atoms with van der Waals surface area (Å²) in [5.74, 6) is 1.88. The molecule has 3 aromatic rings. The first-order valence-corrected chi connectivity index (χ1v) is 9.74. The van der Waals surface area contributed by atoms with E-state index >= 15 is 0 Å². The maximum Gasteiger partial charge on any atom is 0.380 e. The van der Waals surface area contributed by atoms with Gasteiger partial charge in [0.15, 0.2) is 30.4 Å². The fraction of sp³-hybridized carbons (Fsp3) is 0.211. The Labute approximate surface area is 163 Å². The van der Waals surface area contributed by atoms with E-state index in [0.29, 0.717) is 23.8 Å². The lowest BCUT2D eigenvalue weighted by Gasteiger charge is -2.13. The maximum absolute atomic E-state index is 11.1. The third-order valence-corrected chi connectivity index (χ3v) is 4.54. The van der Waals surface area contributed by atoms with E-state index in [9.17, 15) is 8.42 Å². The van der Waals surface area contributed by atoms with Crippen molar-refractivity contribution in [3.63, 3.8) is 0 Å². The van der Waals surface area contributed by atoms with Crippen molar-refractivity contribution in [2.24, 2.45) is 5.14 Å². The van der Waals surface area contributed by atoms with Gasteiger partial charge in [0.05, 0.1) is 21.3 Å². The molecule has 9 heteroatoms. The Morgan fingerprint density at radius 3 is 2.18 bits per heavy atom. The van der Waals surface area contributed by atoms with Crippen molar-refractivity contribution in [1.29, 1.82) is 0 Å². The van der Waals surface area contributed by atoms with Gasteiger partial charge in [-0.15, -0.1) is 0 Å². The van der Waals surface area contributed by atoms with Gasteiger partial charge in [-0.3, -0.25) is 0 Å². The Balaban J connectivity index is 1.91. The molecular weight excluding hydrogens is 384 g/mol. The van der Waals surface area contributed by atoms with E-state index in [1.807, 2.05) is 35.2 Å². The number of hydrogen-bond acceptors (Lipinski definition) is 6. The molecule has 0 saturated carbocycles. The summed E-state index contributed by atoms with van der Waals surface area (Å²) in [5.41, 5.74) is 0.966. The highest BCUT2D eigenvalue weighted by molar-refractivity contribution is 7.84. The van der Waals surface area contributed by atoms with Crippen LogP contribution in [0.15, 0.2) is 48.8 Å². The van der Waals surface area contributed by atoms with Crippen LogP contribution in [0.25, 0.3) is 10.8 Å². The number of benzene rings is 2. The Kier molecular flexibility index (Phi) is 5.57. The first-order chi connectivity index (χ1) is 13.3. The molecular formula is C19H21N2O6S+. The normalized spacial score (nSPS) is 11.3. The molecule has 28 heavy (non-hydrogen) atoms. The Hall–Kier alpha value is -3.04. The molecule has 0 spiro atoms. The summed E-state index contributed by atoms with van der Waals surface area (Å²) in [4.78, 5) is 0. The van der Waals surface area contributed by atoms with E-state index in [1.165, 1.54) is 0 Å². The van der Waals surface area contributed by atoms with E-state index < -0.39 is 10.3 Å². The van der Waals surface area contributed by atoms with Crippen molar-refractivity contribution in [3.8, 4) is 23.0 Å². The van der Waals surface area contributed by atoms with Gasteiger partial charge in [0.25, 0.3) is 0 Å². The highest BCUT2D eigenvalue weighted by Gasteiger charge is 2.16. The first kappa shape index (κ1) is 19.7. The van der Waals surface area contributed by atoms with Gasteiger partial charge in [-0.05, 0) is 35.7 Å². The minimum atomic E-state index is -4.05. The van der Waals surface area contributed by atoms with Gasteiger partial charge in [-0.2, -0.15) is 13.6 Å². The largest absolute Gasteiger partial charge is 0.493 e. The number of nitrogens with two attached hydrogens (primary N) is 1. The van der Waals surface area contributed by atoms with Crippen LogP contribution in [0, 0.1) is 0 Å². The molecule has 0 fully saturated rings. The van der Waals surface area contributed by atoms with Crippen molar-refractivity contribution in [2.75, 3.05) is 21.3 Å². The van der Waals surface area contributed by atoms with Crippen LogP contribution < -0.4 is 28.1 Å². The number of fused-ring (bicyclic) bond motifs is 1. The molecule has 0 atom stereocenters. The van der Waals surface area contributed by atoms with Crippen molar-refractivity contribution >= 4 is 21.1 Å². The zero-order chi connectivity index (χ0) is 20.3. The van der Waals surface area contributed by atoms with Gasteiger partial charge in [0.2, 0.25) is 5.75 Å². The lowest BCUT2D eigenvalue weighted by molar-refractivity contribution is -0.687. The smallest absolute Gasteiger partial charge is 0.380 e. The minimum absolute atomic E-state index is 0.164. The molecule has 0 radical (unpaired) electrons. The Morgan fingerprint density at radius 1 is 0.929 bits per heavy atom. The minimum Gasteiger partial charge on any atom is -0.493 e. The molecule has 2 aromatic carbocycles. The highest BCUT2D eigenvalue weighted by atomic mass is 32.2. The summed E-state index contributed by atoms with van der Waals surface area (Å²) in [6.07, 6.45) is 3.82. The van der Waals surface area contributed by atoms with Crippen molar-refractivity contribution in [2.45, 2.75) is 6.54 Å². The second-order valence-electron chi connectivity index (χ2n) is 6.02. The predicted octanol–water partition coefficient (Wildman–Crippen LogP) is 1.78. The molecule has 1 aromatic heterocycles. The van der Waals surface area contributed by atoms with Crippen LogP contribution >= 0.6 is 0 Å². The fourth-order valence-corrected chi connectivity index (χ4v) is 3.31. The molecule has 3 rings (SSSR count). The second kappa shape index (κ2) is 7.91. The molecule has 8 nitrogen and oxygen atoms in total. The fourth-order valence-electron chi connectivity index (χ4n) is 2.93. The molecule has 0 aliphatic carbocycles. The zero-order valence-electron chi connectivity index (χ0n) is 15.7. The third-order valence-electron chi connectivity index (χ3n) is 4.11. The summed E-state index contributed by atoms with van der Waals surface area (Å²) in [6, 6.07) is 10.6. The number of pyridine rings is 1. The van der Waals surface area contributed by atoms with Crippen molar-refractivity contribution < 1.29 is 31.4 Å². The Bertz CT molecular complexity index is 1090. The topological polar surface area (TPSA) is 101 Å². The van der Waals surface area contributed by atoms with E-state index in [-0.39, 0.29) is 5.75 Å². The summed E-state index contributed by atoms with van der Waals surface area (Å²) in [6.45, 7) is 0.572. The number of methoxy groups -OCH3 is 3. The second-order valence-corrected chi connectivity index (χ2v) is 7.17. The molecule has 0 bridgehead atoms. The molecule has 148 valence electrons. The first-order valence-electron chi connectivity index (χ1n) is 8.27. The van der Waals surface area contributed by atoms with E-state index in [1.54, 1.807) is 39.5 Å². The third kappa shape index (κ3) is 4.44. The number of ether oxygens (including phenoxy) is 3. The van der Waals surface area contributed by atoms with Crippen LogP contribution in [0.5, 0.6) is 23.0 Å². The summed E-state index contributed by atoms with van der Waals surface area (Å²) < 4.78 is 45.0. The monoisotopic (exact) mass is 405 g/mol. The molecule has 0 unspecified atom stereocenters.